The van der Waals surface area contributed by atoms with Gasteiger partial charge in [0.05, 0.1) is 4.47 Å². The molecule has 3 nitrogen and oxygen atoms in total. The summed E-state index contributed by atoms with van der Waals surface area (Å²) in [6, 6.07) is 4.21. The Morgan fingerprint density at radius 1 is 1.58 bits per heavy atom. The highest BCUT2D eigenvalue weighted by atomic mass is 79.9. The first-order valence-electron chi connectivity index (χ1n) is 3.08. The van der Waals surface area contributed by atoms with Crippen LogP contribution in [0.2, 0.25) is 0 Å². The third kappa shape index (κ3) is 1.73. The van der Waals surface area contributed by atoms with Gasteiger partial charge in [0.15, 0.2) is 5.84 Å². The molecular formula is C7H6BrFN2O. The van der Waals surface area contributed by atoms with Crippen LogP contribution < -0.4 is 5.73 Å². The van der Waals surface area contributed by atoms with Gasteiger partial charge in [-0.1, -0.05) is 5.16 Å². The molecule has 64 valence electrons. The van der Waals surface area contributed by atoms with Gasteiger partial charge in [0.2, 0.25) is 0 Å². The normalized spacial score (nSPS) is 11.7. The molecule has 3 N–H and O–H groups in total. The van der Waals surface area contributed by atoms with E-state index in [2.05, 4.69) is 21.1 Å². The van der Waals surface area contributed by atoms with Gasteiger partial charge < -0.3 is 10.9 Å². The molecule has 0 saturated heterocycles. The van der Waals surface area contributed by atoms with Gasteiger partial charge in [-0.05, 0) is 34.1 Å². The van der Waals surface area contributed by atoms with Gasteiger partial charge >= 0.3 is 0 Å². The first-order chi connectivity index (χ1) is 5.65. The number of hydrogen-bond acceptors (Lipinski definition) is 2. The van der Waals surface area contributed by atoms with E-state index in [0.717, 1.165) is 0 Å². The van der Waals surface area contributed by atoms with Crippen LogP contribution in [-0.2, 0) is 0 Å². The molecular weight excluding hydrogens is 227 g/mol. The van der Waals surface area contributed by atoms with E-state index in [9.17, 15) is 4.39 Å². The highest BCUT2D eigenvalue weighted by molar-refractivity contribution is 9.10. The average molecular weight is 233 g/mol. The molecule has 0 unspecified atom stereocenters. The van der Waals surface area contributed by atoms with Crippen LogP contribution in [0.25, 0.3) is 0 Å². The summed E-state index contributed by atoms with van der Waals surface area (Å²) < 4.78 is 13.2. The van der Waals surface area contributed by atoms with Crippen molar-refractivity contribution in [3.05, 3.63) is 34.1 Å². The number of oxime groups is 1. The largest absolute Gasteiger partial charge is 0.409 e. The molecule has 1 aromatic rings. The predicted octanol–water partition coefficient (Wildman–Crippen LogP) is 1.68. The summed E-state index contributed by atoms with van der Waals surface area (Å²) >= 11 is 2.98. The minimum absolute atomic E-state index is 0.110. The number of nitrogens with two attached hydrogens (primary N) is 1. The third-order valence-corrected chi connectivity index (χ3v) is 1.97. The second-order valence-electron chi connectivity index (χ2n) is 2.11. The van der Waals surface area contributed by atoms with Gasteiger partial charge in [-0.25, -0.2) is 4.39 Å². The average Bonchev–Trinajstić information content (AvgIpc) is 2.08. The molecule has 0 spiro atoms. The Morgan fingerprint density at radius 2 is 2.25 bits per heavy atom. The van der Waals surface area contributed by atoms with Crippen molar-refractivity contribution in [3.63, 3.8) is 0 Å². The van der Waals surface area contributed by atoms with Gasteiger partial charge in [-0.15, -0.1) is 0 Å². The van der Waals surface area contributed by atoms with Crippen LogP contribution in [0.4, 0.5) is 4.39 Å². The fourth-order valence-corrected chi connectivity index (χ4v) is 0.960. The summed E-state index contributed by atoms with van der Waals surface area (Å²) in [6.45, 7) is 0. The smallest absolute Gasteiger partial charge is 0.170 e. The fraction of sp³-hybridized carbons (Fsp3) is 0. The van der Waals surface area contributed by atoms with Crippen LogP contribution in [-0.4, -0.2) is 11.0 Å². The molecule has 0 aliphatic heterocycles. The zero-order valence-corrected chi connectivity index (χ0v) is 7.55. The Kier molecular flexibility index (Phi) is 2.65. The molecule has 0 aromatic heterocycles. The Labute approximate surface area is 76.8 Å². The number of nitrogens with zero attached hydrogens (tertiary/aromatic N) is 1. The molecule has 0 saturated carbocycles. The lowest BCUT2D eigenvalue weighted by molar-refractivity contribution is 0.318. The van der Waals surface area contributed by atoms with E-state index in [1.54, 1.807) is 6.07 Å². The van der Waals surface area contributed by atoms with E-state index in [4.69, 9.17) is 10.9 Å². The van der Waals surface area contributed by atoms with E-state index >= 15 is 0 Å². The minimum Gasteiger partial charge on any atom is -0.409 e. The van der Waals surface area contributed by atoms with Crippen LogP contribution >= 0.6 is 15.9 Å². The van der Waals surface area contributed by atoms with Crippen LogP contribution in [0.3, 0.4) is 0 Å². The van der Waals surface area contributed by atoms with Crippen molar-refractivity contribution in [2.24, 2.45) is 10.9 Å². The summed E-state index contributed by atoms with van der Waals surface area (Å²) in [7, 11) is 0. The molecule has 1 rings (SSSR count). The molecule has 0 aliphatic carbocycles. The third-order valence-electron chi connectivity index (χ3n) is 1.32. The van der Waals surface area contributed by atoms with Crippen LogP contribution in [0.1, 0.15) is 5.56 Å². The molecule has 12 heavy (non-hydrogen) atoms. The number of rotatable bonds is 1. The lowest BCUT2D eigenvalue weighted by Gasteiger charge is -1.99. The summed E-state index contributed by atoms with van der Waals surface area (Å²) in [5, 5.41) is 11.0. The maximum absolute atomic E-state index is 12.8. The first kappa shape index (κ1) is 8.99. The molecule has 0 aliphatic rings. The predicted molar refractivity (Wildman–Crippen MR) is 46.6 cm³/mol. The Hall–Kier alpha value is -1.10. The van der Waals surface area contributed by atoms with Crippen molar-refractivity contribution >= 4 is 21.8 Å². The second kappa shape index (κ2) is 3.53. The molecule has 0 amide bonds. The highest BCUT2D eigenvalue weighted by Gasteiger charge is 2.03. The lowest BCUT2D eigenvalue weighted by atomic mass is 10.2. The number of benzene rings is 1. The maximum atomic E-state index is 12.8. The highest BCUT2D eigenvalue weighted by Crippen LogP contribution is 2.15. The van der Waals surface area contributed by atoms with E-state index in [0.29, 0.717) is 10.0 Å². The first-order valence-corrected chi connectivity index (χ1v) is 3.87. The van der Waals surface area contributed by atoms with Gasteiger partial charge in [-0.2, -0.15) is 0 Å². The Morgan fingerprint density at radius 3 is 2.75 bits per heavy atom. The second-order valence-corrected chi connectivity index (χ2v) is 2.97. The zero-order chi connectivity index (χ0) is 9.14. The van der Waals surface area contributed by atoms with Crippen LogP contribution in [0, 0.1) is 5.82 Å². The minimum atomic E-state index is -0.445. The Balaban J connectivity index is 3.13. The quantitative estimate of drug-likeness (QED) is 0.335. The van der Waals surface area contributed by atoms with Crippen molar-refractivity contribution in [3.8, 4) is 0 Å². The number of halogens is 2. The summed E-state index contributed by atoms with van der Waals surface area (Å²) in [5.41, 5.74) is 5.58. The van der Waals surface area contributed by atoms with Crippen molar-refractivity contribution in [1.29, 1.82) is 0 Å². The molecule has 0 atom stereocenters. The summed E-state index contributed by atoms with van der Waals surface area (Å²) in [6.07, 6.45) is 0. The molecule has 0 fully saturated rings. The van der Waals surface area contributed by atoms with Crippen molar-refractivity contribution in [1.82, 2.24) is 0 Å². The number of amidine groups is 1. The SMILES string of the molecule is NC(=NO)c1ccc(Br)c(F)c1. The molecule has 5 heteroatoms. The molecule has 1 aromatic carbocycles. The molecule has 0 heterocycles. The van der Waals surface area contributed by atoms with Gasteiger partial charge in [0, 0.05) is 5.56 Å². The van der Waals surface area contributed by atoms with Gasteiger partial charge in [-0.3, -0.25) is 0 Å². The van der Waals surface area contributed by atoms with Gasteiger partial charge in [0.25, 0.3) is 0 Å². The van der Waals surface area contributed by atoms with E-state index in [1.807, 2.05) is 0 Å². The van der Waals surface area contributed by atoms with Crippen LogP contribution in [0.15, 0.2) is 27.8 Å². The van der Waals surface area contributed by atoms with Crippen LogP contribution in [0.5, 0.6) is 0 Å². The monoisotopic (exact) mass is 232 g/mol. The fourth-order valence-electron chi connectivity index (χ4n) is 0.713. The van der Waals surface area contributed by atoms with Crippen molar-refractivity contribution in [2.45, 2.75) is 0 Å². The van der Waals surface area contributed by atoms with E-state index in [1.165, 1.54) is 12.1 Å². The maximum Gasteiger partial charge on any atom is 0.170 e. The lowest BCUT2D eigenvalue weighted by Crippen LogP contribution is -2.13. The van der Waals surface area contributed by atoms with E-state index < -0.39 is 5.82 Å². The summed E-state index contributed by atoms with van der Waals surface area (Å²) in [5.74, 6) is -0.555. The molecule has 0 radical (unpaired) electrons. The topological polar surface area (TPSA) is 58.6 Å². The Bertz CT molecular complexity index is 327. The molecule has 0 bridgehead atoms. The standard InChI is InChI=1S/C7H6BrFN2O/c8-5-2-1-4(3-6(5)9)7(10)11-12/h1-3,12H,(H2,10,11). The zero-order valence-electron chi connectivity index (χ0n) is 5.96. The summed E-state index contributed by atoms with van der Waals surface area (Å²) in [4.78, 5) is 0. The van der Waals surface area contributed by atoms with Gasteiger partial charge in [0.1, 0.15) is 5.82 Å². The van der Waals surface area contributed by atoms with Crippen molar-refractivity contribution in [2.75, 3.05) is 0 Å². The van der Waals surface area contributed by atoms with Crippen molar-refractivity contribution < 1.29 is 9.60 Å². The van der Waals surface area contributed by atoms with E-state index in [-0.39, 0.29) is 5.84 Å². The number of hydrogen-bond donors (Lipinski definition) is 2.